The van der Waals surface area contributed by atoms with Crippen LogP contribution in [0, 0.1) is 5.92 Å². The summed E-state index contributed by atoms with van der Waals surface area (Å²) in [4.78, 5) is 31.8. The van der Waals surface area contributed by atoms with Gasteiger partial charge in [-0.25, -0.2) is 19.2 Å². The smallest absolute Gasteiger partial charge is 0.364 e. The molecule has 0 aliphatic carbocycles. The van der Waals surface area contributed by atoms with Crippen LogP contribution in [0.4, 0.5) is 11.6 Å². The van der Waals surface area contributed by atoms with Gasteiger partial charge in [0.05, 0.1) is 19.7 Å². The van der Waals surface area contributed by atoms with Gasteiger partial charge < -0.3 is 4.74 Å². The molecular weight excluding hydrogens is 394 g/mol. The van der Waals surface area contributed by atoms with Crippen LogP contribution in [0.1, 0.15) is 40.0 Å². The fourth-order valence-corrected chi connectivity index (χ4v) is 4.41. The quantitative estimate of drug-likeness (QED) is 0.466. The lowest BCUT2D eigenvalue weighted by Crippen LogP contribution is -2.52. The molecule has 3 heterocycles. The number of rotatable bonds is 7. The van der Waals surface area contributed by atoms with E-state index in [1.807, 2.05) is 35.8 Å². The van der Waals surface area contributed by atoms with E-state index in [0.717, 1.165) is 49.7 Å². The molecule has 0 bridgehead atoms. The largest absolute Gasteiger partial charge is 0.494 e. The Bertz CT molecular complexity index is 1190. The van der Waals surface area contributed by atoms with Crippen molar-refractivity contribution in [3.63, 3.8) is 0 Å². The molecule has 0 saturated carbocycles. The van der Waals surface area contributed by atoms with E-state index in [-0.39, 0.29) is 11.2 Å². The first-order chi connectivity index (χ1) is 15.0. The zero-order chi connectivity index (χ0) is 22.1. The van der Waals surface area contributed by atoms with Gasteiger partial charge in [-0.15, -0.1) is 0 Å². The van der Waals surface area contributed by atoms with Crippen molar-refractivity contribution >= 4 is 22.8 Å². The zero-order valence-electron chi connectivity index (χ0n) is 18.9. The molecule has 0 radical (unpaired) electrons. The number of aromatic amines is 1. The molecule has 0 saturated heterocycles. The maximum absolute atomic E-state index is 13.4. The lowest BCUT2D eigenvalue weighted by Gasteiger charge is -2.26. The topological polar surface area (TPSA) is 76.1 Å². The molecule has 1 aliphatic heterocycles. The summed E-state index contributed by atoms with van der Waals surface area (Å²) in [6.45, 7) is 8.88. The summed E-state index contributed by atoms with van der Waals surface area (Å²) in [6, 6.07) is 7.98. The van der Waals surface area contributed by atoms with Crippen molar-refractivity contribution in [3.8, 4) is 5.75 Å². The van der Waals surface area contributed by atoms with Crippen LogP contribution in [0.25, 0.3) is 11.2 Å². The number of H-pyrrole nitrogens is 1. The first-order valence-electron chi connectivity index (χ1n) is 11.2. The van der Waals surface area contributed by atoms with Crippen molar-refractivity contribution in [3.05, 3.63) is 45.1 Å². The number of unbranched alkanes of at least 4 members (excludes halogenated alkanes) is 2. The van der Waals surface area contributed by atoms with Crippen molar-refractivity contribution in [2.45, 2.75) is 53.1 Å². The minimum atomic E-state index is -0.270. The average molecular weight is 427 g/mol. The molecule has 1 atom stereocenters. The van der Waals surface area contributed by atoms with Crippen LogP contribution >= 0.6 is 0 Å². The molecule has 2 aromatic heterocycles. The van der Waals surface area contributed by atoms with Crippen molar-refractivity contribution in [1.29, 1.82) is 0 Å². The molecule has 166 valence electrons. The molecular formula is C23H32N5O3+. The van der Waals surface area contributed by atoms with Gasteiger partial charge in [0, 0.05) is 19.5 Å². The monoisotopic (exact) mass is 426 g/mol. The van der Waals surface area contributed by atoms with E-state index >= 15 is 0 Å². The lowest BCUT2D eigenvalue weighted by atomic mass is 10.1. The Balaban J connectivity index is 1.85. The minimum Gasteiger partial charge on any atom is -0.494 e. The van der Waals surface area contributed by atoms with E-state index in [0.29, 0.717) is 30.2 Å². The van der Waals surface area contributed by atoms with E-state index in [4.69, 9.17) is 4.74 Å². The zero-order valence-corrected chi connectivity index (χ0v) is 18.9. The number of imidazole rings is 1. The molecule has 0 amide bonds. The number of nitrogens with zero attached hydrogens (tertiary/aromatic N) is 4. The molecule has 3 aromatic rings. The van der Waals surface area contributed by atoms with Gasteiger partial charge >= 0.3 is 11.6 Å². The molecule has 1 N–H and O–H groups in total. The van der Waals surface area contributed by atoms with Gasteiger partial charge in [-0.3, -0.25) is 13.9 Å². The number of benzene rings is 1. The highest BCUT2D eigenvalue weighted by Gasteiger charge is 2.35. The molecule has 31 heavy (non-hydrogen) atoms. The summed E-state index contributed by atoms with van der Waals surface area (Å²) < 4.78 is 10.6. The summed E-state index contributed by atoms with van der Waals surface area (Å²) in [7, 11) is 1.73. The van der Waals surface area contributed by atoms with E-state index in [2.05, 4.69) is 23.7 Å². The first-order valence-corrected chi connectivity index (χ1v) is 11.2. The summed E-state index contributed by atoms with van der Waals surface area (Å²) in [5, 5.41) is 0. The van der Waals surface area contributed by atoms with Gasteiger partial charge in [0.2, 0.25) is 11.2 Å². The predicted octanol–water partition coefficient (Wildman–Crippen LogP) is 2.69. The second-order valence-corrected chi connectivity index (χ2v) is 8.40. The molecule has 8 nitrogen and oxygen atoms in total. The number of aryl methyl sites for hydroxylation is 1. The molecule has 0 spiro atoms. The third-order valence-electron chi connectivity index (χ3n) is 5.97. The minimum absolute atomic E-state index is 0.211. The highest BCUT2D eigenvalue weighted by Crippen LogP contribution is 2.29. The number of anilines is 2. The first kappa shape index (κ1) is 21.2. The molecule has 8 heteroatoms. The Morgan fingerprint density at radius 1 is 1.16 bits per heavy atom. The number of nitrogens with one attached hydrogen (secondary N) is 1. The normalized spacial score (nSPS) is 16.0. The summed E-state index contributed by atoms with van der Waals surface area (Å²) in [5.41, 5.74) is 1.67. The average Bonchev–Trinajstić information content (AvgIpc) is 3.14. The number of ether oxygens (including phenoxy) is 1. The number of hydrogen-bond donors (Lipinski definition) is 1. The van der Waals surface area contributed by atoms with Crippen molar-refractivity contribution in [2.24, 2.45) is 13.0 Å². The number of hydrogen-bond acceptors (Lipinski definition) is 4. The van der Waals surface area contributed by atoms with E-state index in [1.165, 1.54) is 4.57 Å². The third-order valence-corrected chi connectivity index (χ3v) is 5.97. The van der Waals surface area contributed by atoms with E-state index in [9.17, 15) is 9.59 Å². The van der Waals surface area contributed by atoms with Gasteiger partial charge in [0.1, 0.15) is 11.4 Å². The SMILES string of the molecule is CCCCCn1c(=O)c2c([nH]c3[n+]2C[C@@H](C)CN3c2ccc(OCC)cc2)n(C)c1=O. The van der Waals surface area contributed by atoms with Gasteiger partial charge in [-0.2, -0.15) is 0 Å². The summed E-state index contributed by atoms with van der Waals surface area (Å²) >= 11 is 0. The maximum atomic E-state index is 13.4. The third kappa shape index (κ3) is 3.75. The van der Waals surface area contributed by atoms with Crippen LogP contribution < -0.4 is 25.5 Å². The highest BCUT2D eigenvalue weighted by molar-refractivity contribution is 5.70. The predicted molar refractivity (Wildman–Crippen MR) is 121 cm³/mol. The van der Waals surface area contributed by atoms with E-state index in [1.54, 1.807) is 11.6 Å². The maximum Gasteiger partial charge on any atom is 0.364 e. The van der Waals surface area contributed by atoms with Crippen molar-refractivity contribution in [2.75, 3.05) is 18.1 Å². The number of aromatic nitrogens is 4. The highest BCUT2D eigenvalue weighted by atomic mass is 16.5. The van der Waals surface area contributed by atoms with Crippen LogP contribution in [0.15, 0.2) is 33.9 Å². The lowest BCUT2D eigenvalue weighted by molar-refractivity contribution is -0.669. The van der Waals surface area contributed by atoms with Gasteiger partial charge in [-0.05, 0) is 37.6 Å². The fourth-order valence-electron chi connectivity index (χ4n) is 4.41. The molecule has 1 aromatic carbocycles. The molecule has 0 fully saturated rings. The van der Waals surface area contributed by atoms with Gasteiger partial charge in [0.25, 0.3) is 5.56 Å². The summed E-state index contributed by atoms with van der Waals surface area (Å²) in [5.74, 6) is 2.00. The molecule has 4 rings (SSSR count). The molecule has 0 unspecified atom stereocenters. The van der Waals surface area contributed by atoms with E-state index < -0.39 is 0 Å². The number of fused-ring (bicyclic) bond motifs is 3. The van der Waals surface area contributed by atoms with Crippen LogP contribution in [-0.2, 0) is 20.1 Å². The fraction of sp³-hybridized carbons (Fsp3) is 0.522. The Hall–Kier alpha value is -3.03. The molecule has 1 aliphatic rings. The Morgan fingerprint density at radius 3 is 2.58 bits per heavy atom. The van der Waals surface area contributed by atoms with Crippen LogP contribution in [0.2, 0.25) is 0 Å². The Labute approximate surface area is 181 Å². The Morgan fingerprint density at radius 2 is 1.90 bits per heavy atom. The van der Waals surface area contributed by atoms with Crippen molar-refractivity contribution < 1.29 is 9.30 Å². The van der Waals surface area contributed by atoms with Gasteiger partial charge in [-0.1, -0.05) is 26.7 Å². The van der Waals surface area contributed by atoms with Crippen LogP contribution in [0.5, 0.6) is 5.75 Å². The van der Waals surface area contributed by atoms with Crippen LogP contribution in [-0.4, -0.2) is 27.3 Å². The van der Waals surface area contributed by atoms with Crippen LogP contribution in [0.3, 0.4) is 0 Å². The van der Waals surface area contributed by atoms with Crippen molar-refractivity contribution in [1.82, 2.24) is 14.1 Å². The standard InChI is InChI=1S/C23H31N5O3/c1-5-7-8-13-26-21(29)19-20(25(4)23(26)30)24-22-27(14-16(3)15-28(19)22)17-9-11-18(12-10-17)31-6-2/h9-12,16H,5-8,13-15H2,1-4H3/p+1/t16-/m0/s1. The second kappa shape index (κ2) is 8.61. The Kier molecular flexibility index (Phi) is 5.89. The van der Waals surface area contributed by atoms with Gasteiger partial charge in [0.15, 0.2) is 0 Å². The summed E-state index contributed by atoms with van der Waals surface area (Å²) in [6.07, 6.45) is 2.86. The second-order valence-electron chi connectivity index (χ2n) is 8.40.